The van der Waals surface area contributed by atoms with Crippen LogP contribution in [0.2, 0.25) is 0 Å². The third kappa shape index (κ3) is 2.08. The van der Waals surface area contributed by atoms with Gasteiger partial charge in [0.15, 0.2) is 0 Å². The number of rotatable bonds is 2. The molecule has 0 bridgehead atoms. The van der Waals surface area contributed by atoms with Crippen LogP contribution in [-0.4, -0.2) is 31.1 Å². The molecule has 2 aliphatic rings. The standard InChI is InChI=1S/C16H24N2/c1-11-4-5-14(6-12(11)2)13(3)18-9-15-7-17-8-16(15)10-18/h4-6,13,15-17H,7-10H2,1-3H3/t13?,15-,16+. The van der Waals surface area contributed by atoms with Crippen molar-refractivity contribution in [2.24, 2.45) is 11.8 Å². The molecule has 2 nitrogen and oxygen atoms in total. The lowest BCUT2D eigenvalue weighted by Gasteiger charge is -2.26. The summed E-state index contributed by atoms with van der Waals surface area (Å²) in [5, 5.41) is 3.51. The normalized spacial score (nSPS) is 29.5. The fourth-order valence-electron chi connectivity index (χ4n) is 3.44. The SMILES string of the molecule is Cc1ccc(C(C)N2C[C@H]3CNC[C@H]3C2)cc1C. The molecule has 0 radical (unpaired) electrons. The van der Waals surface area contributed by atoms with Gasteiger partial charge in [0.25, 0.3) is 0 Å². The molecule has 1 unspecified atom stereocenters. The highest BCUT2D eigenvalue weighted by molar-refractivity contribution is 5.31. The Labute approximate surface area is 110 Å². The number of aryl methyl sites for hydroxylation is 2. The number of fused-ring (bicyclic) bond motifs is 1. The number of hydrogen-bond acceptors (Lipinski definition) is 2. The van der Waals surface area contributed by atoms with Crippen molar-refractivity contribution in [3.05, 3.63) is 34.9 Å². The minimum atomic E-state index is 0.565. The summed E-state index contributed by atoms with van der Waals surface area (Å²) in [4.78, 5) is 2.67. The van der Waals surface area contributed by atoms with E-state index in [1.165, 1.54) is 42.9 Å². The maximum Gasteiger partial charge on any atom is 0.0320 e. The van der Waals surface area contributed by atoms with Crippen molar-refractivity contribution in [3.63, 3.8) is 0 Å². The van der Waals surface area contributed by atoms with Crippen LogP contribution in [-0.2, 0) is 0 Å². The Bertz CT molecular complexity index is 429. The van der Waals surface area contributed by atoms with Crippen LogP contribution in [0.25, 0.3) is 0 Å². The average Bonchev–Trinajstić information content (AvgIpc) is 2.92. The molecule has 1 aromatic carbocycles. The number of nitrogens with one attached hydrogen (secondary N) is 1. The highest BCUT2D eigenvalue weighted by Gasteiger charge is 2.37. The molecule has 18 heavy (non-hydrogen) atoms. The van der Waals surface area contributed by atoms with E-state index in [0.29, 0.717) is 6.04 Å². The largest absolute Gasteiger partial charge is 0.316 e. The molecule has 2 heterocycles. The van der Waals surface area contributed by atoms with Gasteiger partial charge >= 0.3 is 0 Å². The molecule has 0 aliphatic carbocycles. The lowest BCUT2D eigenvalue weighted by atomic mass is 10.0. The minimum absolute atomic E-state index is 0.565. The van der Waals surface area contributed by atoms with E-state index in [0.717, 1.165) is 11.8 Å². The zero-order valence-corrected chi connectivity index (χ0v) is 11.7. The van der Waals surface area contributed by atoms with Crippen molar-refractivity contribution in [2.75, 3.05) is 26.2 Å². The van der Waals surface area contributed by atoms with Crippen LogP contribution < -0.4 is 5.32 Å². The fraction of sp³-hybridized carbons (Fsp3) is 0.625. The molecule has 3 atom stereocenters. The van der Waals surface area contributed by atoms with Crippen LogP contribution in [0, 0.1) is 25.7 Å². The first kappa shape index (κ1) is 12.2. The van der Waals surface area contributed by atoms with Gasteiger partial charge in [0.1, 0.15) is 0 Å². The number of benzene rings is 1. The molecule has 0 aromatic heterocycles. The minimum Gasteiger partial charge on any atom is -0.316 e. The van der Waals surface area contributed by atoms with Crippen LogP contribution >= 0.6 is 0 Å². The molecule has 2 fully saturated rings. The van der Waals surface area contributed by atoms with Gasteiger partial charge in [0, 0.05) is 19.1 Å². The third-order valence-corrected chi connectivity index (χ3v) is 4.98. The van der Waals surface area contributed by atoms with Crippen molar-refractivity contribution < 1.29 is 0 Å². The number of hydrogen-bond donors (Lipinski definition) is 1. The van der Waals surface area contributed by atoms with E-state index in [2.05, 4.69) is 49.2 Å². The molecule has 1 aromatic rings. The Kier molecular flexibility index (Phi) is 3.16. The second-order valence-electron chi connectivity index (χ2n) is 6.15. The average molecular weight is 244 g/mol. The van der Waals surface area contributed by atoms with E-state index in [1.807, 2.05) is 0 Å². The van der Waals surface area contributed by atoms with Crippen molar-refractivity contribution >= 4 is 0 Å². The molecule has 0 spiro atoms. The van der Waals surface area contributed by atoms with Crippen molar-refractivity contribution in [1.82, 2.24) is 10.2 Å². The Morgan fingerprint density at radius 1 is 1.11 bits per heavy atom. The van der Waals surface area contributed by atoms with Crippen LogP contribution in [0.1, 0.15) is 29.7 Å². The summed E-state index contributed by atoms with van der Waals surface area (Å²) in [5.41, 5.74) is 4.29. The van der Waals surface area contributed by atoms with Gasteiger partial charge in [-0.05, 0) is 62.4 Å². The van der Waals surface area contributed by atoms with E-state index in [-0.39, 0.29) is 0 Å². The van der Waals surface area contributed by atoms with Gasteiger partial charge in [-0.3, -0.25) is 4.90 Å². The highest BCUT2D eigenvalue weighted by Crippen LogP contribution is 2.33. The molecular weight excluding hydrogens is 220 g/mol. The molecule has 3 rings (SSSR count). The van der Waals surface area contributed by atoms with Gasteiger partial charge in [0.05, 0.1) is 0 Å². The first-order valence-electron chi connectivity index (χ1n) is 7.17. The van der Waals surface area contributed by atoms with Gasteiger partial charge in [0.2, 0.25) is 0 Å². The summed E-state index contributed by atoms with van der Waals surface area (Å²) in [6.45, 7) is 11.8. The van der Waals surface area contributed by atoms with Gasteiger partial charge in [-0.2, -0.15) is 0 Å². The van der Waals surface area contributed by atoms with Crippen molar-refractivity contribution in [3.8, 4) is 0 Å². The van der Waals surface area contributed by atoms with Gasteiger partial charge in [-0.15, -0.1) is 0 Å². The molecule has 2 heteroatoms. The molecule has 1 N–H and O–H groups in total. The first-order chi connectivity index (χ1) is 8.65. The fourth-order valence-corrected chi connectivity index (χ4v) is 3.44. The maximum atomic E-state index is 3.51. The van der Waals surface area contributed by atoms with E-state index in [9.17, 15) is 0 Å². The lowest BCUT2D eigenvalue weighted by molar-refractivity contribution is 0.244. The predicted molar refractivity (Wildman–Crippen MR) is 75.8 cm³/mol. The third-order valence-electron chi connectivity index (χ3n) is 4.98. The maximum absolute atomic E-state index is 3.51. The summed E-state index contributed by atoms with van der Waals surface area (Å²) in [6, 6.07) is 7.50. The first-order valence-corrected chi connectivity index (χ1v) is 7.17. The Morgan fingerprint density at radius 3 is 2.39 bits per heavy atom. The lowest BCUT2D eigenvalue weighted by Crippen LogP contribution is -2.28. The molecule has 2 aliphatic heterocycles. The topological polar surface area (TPSA) is 15.3 Å². The van der Waals surface area contributed by atoms with Gasteiger partial charge < -0.3 is 5.32 Å². The summed E-state index contributed by atoms with van der Waals surface area (Å²) in [6.07, 6.45) is 0. The van der Waals surface area contributed by atoms with Crippen molar-refractivity contribution in [1.29, 1.82) is 0 Å². The molecular formula is C16H24N2. The van der Waals surface area contributed by atoms with Gasteiger partial charge in [-0.25, -0.2) is 0 Å². The van der Waals surface area contributed by atoms with E-state index in [1.54, 1.807) is 0 Å². The molecule has 0 saturated carbocycles. The van der Waals surface area contributed by atoms with Gasteiger partial charge in [-0.1, -0.05) is 18.2 Å². The predicted octanol–water partition coefficient (Wildman–Crippen LogP) is 2.52. The van der Waals surface area contributed by atoms with E-state index < -0.39 is 0 Å². The summed E-state index contributed by atoms with van der Waals surface area (Å²) in [7, 11) is 0. The second-order valence-corrected chi connectivity index (χ2v) is 6.15. The van der Waals surface area contributed by atoms with Crippen molar-refractivity contribution in [2.45, 2.75) is 26.8 Å². The van der Waals surface area contributed by atoms with Crippen LogP contribution in [0.4, 0.5) is 0 Å². The Balaban J connectivity index is 1.74. The molecule has 0 amide bonds. The second kappa shape index (κ2) is 4.67. The van der Waals surface area contributed by atoms with Crippen LogP contribution in [0.3, 0.4) is 0 Å². The summed E-state index contributed by atoms with van der Waals surface area (Å²) < 4.78 is 0. The summed E-state index contributed by atoms with van der Waals surface area (Å²) >= 11 is 0. The quantitative estimate of drug-likeness (QED) is 0.860. The molecule has 2 saturated heterocycles. The van der Waals surface area contributed by atoms with E-state index in [4.69, 9.17) is 0 Å². The zero-order valence-electron chi connectivity index (χ0n) is 11.7. The zero-order chi connectivity index (χ0) is 12.7. The number of likely N-dealkylation sites (tertiary alicyclic amines) is 1. The Hall–Kier alpha value is -0.860. The molecule has 98 valence electrons. The number of nitrogens with zero attached hydrogens (tertiary/aromatic N) is 1. The van der Waals surface area contributed by atoms with Crippen LogP contribution in [0.5, 0.6) is 0 Å². The Morgan fingerprint density at radius 2 is 1.78 bits per heavy atom. The smallest absolute Gasteiger partial charge is 0.0320 e. The highest BCUT2D eigenvalue weighted by atomic mass is 15.2. The monoisotopic (exact) mass is 244 g/mol. The summed E-state index contributed by atoms with van der Waals surface area (Å²) in [5.74, 6) is 1.78. The van der Waals surface area contributed by atoms with E-state index >= 15 is 0 Å². The van der Waals surface area contributed by atoms with Crippen LogP contribution in [0.15, 0.2) is 18.2 Å².